The first kappa shape index (κ1) is 25.1. The summed E-state index contributed by atoms with van der Waals surface area (Å²) in [6.45, 7) is 2.68. The highest BCUT2D eigenvalue weighted by atomic mass is 16.6. The standard InChI is InChI=1S/C27H25N9O3/c1-18-7-5-9-20(13-18)17-38-22-12-6-8-19(14-22)15-30-32-27(37)24-23(16-29-21-10-3-2-4-11-21)36(35-31-24)26-25(28)33-39-34-26/h2-15,29H,16-17H2,1H3,(H2,28,33)(H,32,37). The number of aryl methyl sites for hydroxylation is 1. The van der Waals surface area contributed by atoms with E-state index in [2.05, 4.69) is 42.5 Å². The van der Waals surface area contributed by atoms with Gasteiger partial charge < -0.3 is 15.8 Å². The molecule has 0 saturated carbocycles. The second-order valence-electron chi connectivity index (χ2n) is 8.54. The number of nitrogens with zero attached hydrogens (tertiary/aromatic N) is 6. The van der Waals surface area contributed by atoms with Gasteiger partial charge >= 0.3 is 0 Å². The third kappa shape index (κ3) is 6.25. The van der Waals surface area contributed by atoms with Crippen LogP contribution in [0.4, 0.5) is 11.5 Å². The van der Waals surface area contributed by atoms with Crippen LogP contribution < -0.4 is 21.2 Å². The summed E-state index contributed by atoms with van der Waals surface area (Å²) in [5, 5.41) is 22.7. The molecular weight excluding hydrogens is 498 g/mol. The third-order valence-electron chi connectivity index (χ3n) is 5.63. The first-order valence-corrected chi connectivity index (χ1v) is 12.0. The topological polar surface area (TPSA) is 158 Å². The Morgan fingerprint density at radius 3 is 2.72 bits per heavy atom. The maximum atomic E-state index is 13.0. The van der Waals surface area contributed by atoms with Crippen molar-refractivity contribution in [1.82, 2.24) is 30.7 Å². The quantitative estimate of drug-likeness (QED) is 0.184. The normalized spacial score (nSPS) is 11.0. The zero-order valence-electron chi connectivity index (χ0n) is 21.0. The fraction of sp³-hybridized carbons (Fsp3) is 0.111. The summed E-state index contributed by atoms with van der Waals surface area (Å²) < 4.78 is 11.9. The van der Waals surface area contributed by atoms with Crippen LogP contribution in [-0.2, 0) is 13.2 Å². The lowest BCUT2D eigenvalue weighted by Gasteiger charge is -2.08. The molecule has 196 valence electrons. The molecule has 0 saturated heterocycles. The van der Waals surface area contributed by atoms with E-state index in [1.54, 1.807) is 0 Å². The van der Waals surface area contributed by atoms with E-state index in [1.165, 1.54) is 16.5 Å². The number of aromatic nitrogens is 5. The summed E-state index contributed by atoms with van der Waals surface area (Å²) in [5.74, 6) is 0.250. The number of nitrogen functional groups attached to an aromatic ring is 1. The van der Waals surface area contributed by atoms with Crippen molar-refractivity contribution in [2.24, 2.45) is 5.10 Å². The van der Waals surface area contributed by atoms with Gasteiger partial charge in [-0.2, -0.15) is 9.78 Å². The number of ether oxygens (including phenoxy) is 1. The second kappa shape index (κ2) is 11.7. The average Bonchev–Trinajstić information content (AvgIpc) is 3.57. The lowest BCUT2D eigenvalue weighted by atomic mass is 10.1. The Kier molecular flexibility index (Phi) is 7.53. The van der Waals surface area contributed by atoms with Crippen molar-refractivity contribution in [2.75, 3.05) is 11.1 Å². The van der Waals surface area contributed by atoms with Crippen LogP contribution in [0.5, 0.6) is 5.75 Å². The maximum absolute atomic E-state index is 13.0. The van der Waals surface area contributed by atoms with Crippen LogP contribution in [0.15, 0.2) is 88.6 Å². The number of carbonyl (C=O) groups is 1. The molecule has 1 amide bonds. The molecule has 0 spiro atoms. The fourth-order valence-corrected chi connectivity index (χ4v) is 3.76. The number of carbonyl (C=O) groups excluding carboxylic acids is 1. The van der Waals surface area contributed by atoms with Gasteiger partial charge in [0.05, 0.1) is 18.5 Å². The Morgan fingerprint density at radius 2 is 1.92 bits per heavy atom. The minimum Gasteiger partial charge on any atom is -0.489 e. The van der Waals surface area contributed by atoms with Crippen molar-refractivity contribution in [3.05, 3.63) is 107 Å². The van der Waals surface area contributed by atoms with Crippen LogP contribution in [0.1, 0.15) is 32.9 Å². The van der Waals surface area contributed by atoms with Gasteiger partial charge in [-0.05, 0) is 52.6 Å². The van der Waals surface area contributed by atoms with E-state index in [0.717, 1.165) is 16.8 Å². The lowest BCUT2D eigenvalue weighted by Crippen LogP contribution is -2.21. The van der Waals surface area contributed by atoms with Crippen molar-refractivity contribution in [3.8, 4) is 11.6 Å². The number of para-hydroxylation sites is 1. The van der Waals surface area contributed by atoms with E-state index in [0.29, 0.717) is 18.1 Å². The van der Waals surface area contributed by atoms with E-state index < -0.39 is 5.91 Å². The van der Waals surface area contributed by atoms with E-state index >= 15 is 0 Å². The molecule has 2 aromatic heterocycles. The summed E-state index contributed by atoms with van der Waals surface area (Å²) in [6.07, 6.45) is 1.52. The number of nitrogens with one attached hydrogen (secondary N) is 2. The molecule has 4 N–H and O–H groups in total. The molecule has 0 atom stereocenters. The summed E-state index contributed by atoms with van der Waals surface area (Å²) in [6, 6.07) is 25.0. The van der Waals surface area contributed by atoms with Crippen LogP contribution >= 0.6 is 0 Å². The first-order valence-electron chi connectivity index (χ1n) is 12.0. The molecule has 12 nitrogen and oxygen atoms in total. The van der Waals surface area contributed by atoms with Gasteiger partial charge in [0.15, 0.2) is 5.69 Å². The number of hydrogen-bond donors (Lipinski definition) is 3. The Bertz CT molecular complexity index is 1600. The predicted octanol–water partition coefficient (Wildman–Crippen LogP) is 3.50. The molecule has 5 rings (SSSR count). The van der Waals surface area contributed by atoms with Crippen LogP contribution in [0.25, 0.3) is 5.82 Å². The fourth-order valence-electron chi connectivity index (χ4n) is 3.76. The zero-order chi connectivity index (χ0) is 27.0. The molecule has 0 fully saturated rings. The highest BCUT2D eigenvalue weighted by Crippen LogP contribution is 2.18. The molecule has 5 aromatic rings. The Labute approximate surface area is 223 Å². The van der Waals surface area contributed by atoms with E-state index in [4.69, 9.17) is 15.1 Å². The summed E-state index contributed by atoms with van der Waals surface area (Å²) in [7, 11) is 0. The van der Waals surface area contributed by atoms with Crippen LogP contribution in [0.2, 0.25) is 0 Å². The smallest absolute Gasteiger partial charge is 0.293 e. The second-order valence-corrected chi connectivity index (χ2v) is 8.54. The van der Waals surface area contributed by atoms with E-state index in [-0.39, 0.29) is 23.9 Å². The summed E-state index contributed by atoms with van der Waals surface area (Å²) in [4.78, 5) is 13.0. The number of nitrogens with two attached hydrogens (primary N) is 1. The van der Waals surface area contributed by atoms with Gasteiger partial charge in [-0.25, -0.2) is 10.1 Å². The van der Waals surface area contributed by atoms with Crippen molar-refractivity contribution < 1.29 is 14.2 Å². The van der Waals surface area contributed by atoms with Crippen molar-refractivity contribution in [3.63, 3.8) is 0 Å². The molecule has 3 aromatic carbocycles. The predicted molar refractivity (Wildman–Crippen MR) is 144 cm³/mol. The number of rotatable bonds is 10. The molecule has 0 aliphatic rings. The van der Waals surface area contributed by atoms with Gasteiger partial charge in [0.25, 0.3) is 5.91 Å². The Balaban J connectivity index is 1.28. The third-order valence-corrected chi connectivity index (χ3v) is 5.63. The lowest BCUT2D eigenvalue weighted by molar-refractivity contribution is 0.0949. The highest BCUT2D eigenvalue weighted by Gasteiger charge is 2.23. The van der Waals surface area contributed by atoms with E-state index in [9.17, 15) is 4.79 Å². The van der Waals surface area contributed by atoms with Gasteiger partial charge in [-0.15, -0.1) is 5.10 Å². The SMILES string of the molecule is Cc1cccc(COc2cccc(C=NNC(=O)c3nnn(-c4nonc4N)c3CNc3ccccc3)c2)c1. The Hall–Kier alpha value is -5.52. The van der Waals surface area contributed by atoms with Crippen LogP contribution in [0, 0.1) is 6.92 Å². The summed E-state index contributed by atoms with van der Waals surface area (Å²) in [5.41, 5.74) is 12.6. The minimum absolute atomic E-state index is 0.00957. The monoisotopic (exact) mass is 523 g/mol. The van der Waals surface area contributed by atoms with Gasteiger partial charge in [0.1, 0.15) is 12.4 Å². The molecule has 12 heteroatoms. The number of hydrazone groups is 1. The summed E-state index contributed by atoms with van der Waals surface area (Å²) >= 11 is 0. The maximum Gasteiger partial charge on any atom is 0.293 e. The highest BCUT2D eigenvalue weighted by molar-refractivity contribution is 5.94. The molecule has 0 unspecified atom stereocenters. The Morgan fingerprint density at radius 1 is 1.08 bits per heavy atom. The first-order chi connectivity index (χ1) is 19.1. The molecule has 0 bridgehead atoms. The largest absolute Gasteiger partial charge is 0.489 e. The average molecular weight is 524 g/mol. The van der Waals surface area contributed by atoms with Gasteiger partial charge in [0.2, 0.25) is 11.6 Å². The molecular formula is C27H25N9O3. The number of hydrogen-bond acceptors (Lipinski definition) is 10. The molecule has 2 heterocycles. The zero-order valence-corrected chi connectivity index (χ0v) is 21.0. The van der Waals surface area contributed by atoms with Crippen molar-refractivity contribution >= 4 is 23.6 Å². The number of amides is 1. The molecule has 39 heavy (non-hydrogen) atoms. The van der Waals surface area contributed by atoms with Crippen molar-refractivity contribution in [1.29, 1.82) is 0 Å². The van der Waals surface area contributed by atoms with Crippen LogP contribution in [0.3, 0.4) is 0 Å². The molecule has 0 aliphatic heterocycles. The van der Waals surface area contributed by atoms with E-state index in [1.807, 2.05) is 79.7 Å². The number of benzene rings is 3. The van der Waals surface area contributed by atoms with Crippen LogP contribution in [-0.4, -0.2) is 37.4 Å². The van der Waals surface area contributed by atoms with Gasteiger partial charge in [-0.3, -0.25) is 4.79 Å². The molecule has 0 radical (unpaired) electrons. The van der Waals surface area contributed by atoms with Crippen molar-refractivity contribution in [2.45, 2.75) is 20.1 Å². The van der Waals surface area contributed by atoms with Gasteiger partial charge in [0, 0.05) is 5.69 Å². The minimum atomic E-state index is -0.566. The number of anilines is 2. The van der Waals surface area contributed by atoms with Gasteiger partial charge in [-0.1, -0.05) is 65.4 Å². The molecule has 0 aliphatic carbocycles.